The number of nitrogens with zero attached hydrogens (tertiary/aromatic N) is 1. The van der Waals surface area contributed by atoms with E-state index in [-0.39, 0.29) is 24.4 Å². The number of rotatable bonds is 2. The lowest BCUT2D eigenvalue weighted by Crippen LogP contribution is -2.41. The van der Waals surface area contributed by atoms with Crippen molar-refractivity contribution in [3.05, 3.63) is 35.1 Å². The Morgan fingerprint density at radius 3 is 3.00 bits per heavy atom. The van der Waals surface area contributed by atoms with Crippen molar-refractivity contribution < 1.29 is 9.50 Å². The highest BCUT2D eigenvalue weighted by atomic mass is 19.1. The van der Waals surface area contributed by atoms with Crippen LogP contribution in [0.4, 0.5) is 4.39 Å². The lowest BCUT2D eigenvalue weighted by Gasteiger charge is -2.34. The average Bonchev–Trinajstić information content (AvgIpc) is 2.43. The van der Waals surface area contributed by atoms with Gasteiger partial charge < -0.3 is 10.8 Å². The zero-order valence-corrected chi connectivity index (χ0v) is 11.8. The third-order valence-electron chi connectivity index (χ3n) is 3.71. The Morgan fingerprint density at radius 2 is 2.30 bits per heavy atom. The van der Waals surface area contributed by atoms with Gasteiger partial charge in [0.2, 0.25) is 0 Å². The Hall–Kier alpha value is -1.41. The van der Waals surface area contributed by atoms with E-state index in [0.29, 0.717) is 5.56 Å². The summed E-state index contributed by atoms with van der Waals surface area (Å²) in [5.74, 6) is 5.41. The minimum Gasteiger partial charge on any atom is -0.393 e. The first kappa shape index (κ1) is 15.0. The third-order valence-corrected chi connectivity index (χ3v) is 3.71. The minimum absolute atomic E-state index is 0.203. The number of aliphatic hydroxyl groups excluding tert-OH is 1. The van der Waals surface area contributed by atoms with Gasteiger partial charge in [-0.15, -0.1) is 0 Å². The fraction of sp³-hybridized carbons (Fsp3) is 0.500. The Kier molecular flexibility index (Phi) is 5.13. The van der Waals surface area contributed by atoms with Crippen LogP contribution in [0.2, 0.25) is 0 Å². The molecule has 2 unspecified atom stereocenters. The number of halogens is 1. The summed E-state index contributed by atoms with van der Waals surface area (Å²) in [6, 6.07) is 5.03. The number of aliphatic hydroxyl groups is 1. The lowest BCUT2D eigenvalue weighted by atomic mass is 9.96. The molecule has 1 aliphatic heterocycles. The number of hydrogen-bond donors (Lipinski definition) is 2. The number of likely N-dealkylation sites (tertiary alicyclic amines) is 1. The first-order valence-corrected chi connectivity index (χ1v) is 6.98. The van der Waals surface area contributed by atoms with Gasteiger partial charge in [-0.3, -0.25) is 4.90 Å². The molecule has 1 saturated heterocycles. The third kappa shape index (κ3) is 3.80. The number of piperidine rings is 1. The Balaban J connectivity index is 2.06. The summed E-state index contributed by atoms with van der Waals surface area (Å²) in [6.07, 6.45) is 0.591. The molecule has 0 amide bonds. The van der Waals surface area contributed by atoms with E-state index < -0.39 is 0 Å². The van der Waals surface area contributed by atoms with Gasteiger partial charge in [-0.25, -0.2) is 4.39 Å². The highest BCUT2D eigenvalue weighted by Crippen LogP contribution is 2.19. The van der Waals surface area contributed by atoms with E-state index in [4.69, 9.17) is 5.73 Å². The van der Waals surface area contributed by atoms with Gasteiger partial charge in [0.05, 0.1) is 18.2 Å². The second kappa shape index (κ2) is 6.85. The molecule has 3 nitrogen and oxygen atoms in total. The average molecular weight is 276 g/mol. The molecule has 2 rings (SSSR count). The Labute approximate surface area is 119 Å². The molecule has 108 valence electrons. The van der Waals surface area contributed by atoms with Crippen molar-refractivity contribution in [3.63, 3.8) is 0 Å². The molecular weight excluding hydrogens is 255 g/mol. The predicted molar refractivity (Wildman–Crippen MR) is 77.4 cm³/mol. The summed E-state index contributed by atoms with van der Waals surface area (Å²) >= 11 is 0. The van der Waals surface area contributed by atoms with Crippen LogP contribution in [-0.4, -0.2) is 35.7 Å². The van der Waals surface area contributed by atoms with E-state index >= 15 is 0 Å². The van der Waals surface area contributed by atoms with E-state index in [1.807, 2.05) is 0 Å². The Morgan fingerprint density at radius 1 is 1.50 bits per heavy atom. The molecule has 1 fully saturated rings. The molecule has 20 heavy (non-hydrogen) atoms. The number of benzene rings is 1. The molecule has 0 bridgehead atoms. The zero-order chi connectivity index (χ0) is 14.5. The second-order valence-electron chi connectivity index (χ2n) is 5.39. The van der Waals surface area contributed by atoms with Crippen molar-refractivity contribution in [1.82, 2.24) is 4.90 Å². The van der Waals surface area contributed by atoms with Crippen molar-refractivity contribution in [2.75, 3.05) is 19.6 Å². The molecule has 2 atom stereocenters. The summed E-state index contributed by atoms with van der Waals surface area (Å²) < 4.78 is 13.6. The summed E-state index contributed by atoms with van der Waals surface area (Å²) in [5, 5.41) is 9.73. The number of nitrogens with two attached hydrogens (primary N) is 1. The van der Waals surface area contributed by atoms with Gasteiger partial charge in [-0.05, 0) is 30.0 Å². The number of hydrogen-bond acceptors (Lipinski definition) is 3. The SMILES string of the molecule is CC1CN(Cc2ccc(F)c(C#CCN)c2)CCC1O. The van der Waals surface area contributed by atoms with E-state index in [9.17, 15) is 9.50 Å². The maximum absolute atomic E-state index is 13.6. The second-order valence-corrected chi connectivity index (χ2v) is 5.39. The molecule has 1 aromatic carbocycles. The largest absolute Gasteiger partial charge is 0.393 e. The molecular formula is C16H21FN2O. The van der Waals surface area contributed by atoms with E-state index in [2.05, 4.69) is 23.7 Å². The fourth-order valence-electron chi connectivity index (χ4n) is 2.53. The molecule has 4 heteroatoms. The van der Waals surface area contributed by atoms with Gasteiger partial charge in [0.15, 0.2) is 0 Å². The molecule has 1 aromatic rings. The molecule has 0 radical (unpaired) electrons. The normalized spacial score (nSPS) is 23.2. The van der Waals surface area contributed by atoms with Crippen LogP contribution in [0.15, 0.2) is 18.2 Å². The van der Waals surface area contributed by atoms with Crippen molar-refractivity contribution >= 4 is 0 Å². The summed E-state index contributed by atoms with van der Waals surface area (Å²) in [6.45, 7) is 4.77. The van der Waals surface area contributed by atoms with Gasteiger partial charge in [-0.1, -0.05) is 24.8 Å². The van der Waals surface area contributed by atoms with Crippen LogP contribution < -0.4 is 5.73 Å². The standard InChI is InChI=1S/C16H21FN2O/c1-12-10-19(8-6-16(12)20)11-13-4-5-15(17)14(9-13)3-2-7-18/h4-5,9,12,16,20H,6-8,10-11,18H2,1H3. The van der Waals surface area contributed by atoms with Crippen LogP contribution in [0.25, 0.3) is 0 Å². The van der Waals surface area contributed by atoms with Crippen LogP contribution in [0, 0.1) is 23.6 Å². The van der Waals surface area contributed by atoms with Gasteiger partial charge in [0.25, 0.3) is 0 Å². The first-order valence-electron chi connectivity index (χ1n) is 6.98. The molecule has 0 spiro atoms. The van der Waals surface area contributed by atoms with Crippen LogP contribution in [0.1, 0.15) is 24.5 Å². The van der Waals surface area contributed by atoms with Gasteiger partial charge in [-0.2, -0.15) is 0 Å². The topological polar surface area (TPSA) is 49.5 Å². The summed E-state index contributed by atoms with van der Waals surface area (Å²) in [5.41, 5.74) is 6.75. The van der Waals surface area contributed by atoms with Crippen molar-refractivity contribution in [2.24, 2.45) is 11.7 Å². The fourth-order valence-corrected chi connectivity index (χ4v) is 2.53. The lowest BCUT2D eigenvalue weighted by molar-refractivity contribution is 0.0320. The molecule has 1 heterocycles. The molecule has 0 aliphatic carbocycles. The minimum atomic E-state index is -0.308. The molecule has 0 aromatic heterocycles. The van der Waals surface area contributed by atoms with Crippen LogP contribution in [0.5, 0.6) is 0 Å². The van der Waals surface area contributed by atoms with Crippen LogP contribution in [0.3, 0.4) is 0 Å². The maximum atomic E-state index is 13.6. The van der Waals surface area contributed by atoms with E-state index in [1.54, 1.807) is 12.1 Å². The molecule has 3 N–H and O–H groups in total. The smallest absolute Gasteiger partial charge is 0.138 e. The van der Waals surface area contributed by atoms with Gasteiger partial charge >= 0.3 is 0 Å². The van der Waals surface area contributed by atoms with E-state index in [1.165, 1.54) is 6.07 Å². The van der Waals surface area contributed by atoms with Gasteiger partial charge in [0, 0.05) is 19.6 Å². The monoisotopic (exact) mass is 276 g/mol. The zero-order valence-electron chi connectivity index (χ0n) is 11.8. The van der Waals surface area contributed by atoms with Crippen LogP contribution >= 0.6 is 0 Å². The summed E-state index contributed by atoms with van der Waals surface area (Å²) in [4.78, 5) is 2.28. The van der Waals surface area contributed by atoms with Crippen molar-refractivity contribution in [3.8, 4) is 11.8 Å². The highest BCUT2D eigenvalue weighted by molar-refractivity contribution is 5.38. The molecule has 0 saturated carbocycles. The quantitative estimate of drug-likeness (QED) is 0.801. The van der Waals surface area contributed by atoms with Crippen LogP contribution in [-0.2, 0) is 6.54 Å². The van der Waals surface area contributed by atoms with Crippen molar-refractivity contribution in [2.45, 2.75) is 26.0 Å². The Bertz CT molecular complexity index is 521. The van der Waals surface area contributed by atoms with E-state index in [0.717, 1.165) is 31.6 Å². The molecule has 1 aliphatic rings. The first-order chi connectivity index (χ1) is 9.60. The summed E-state index contributed by atoms with van der Waals surface area (Å²) in [7, 11) is 0. The van der Waals surface area contributed by atoms with Crippen molar-refractivity contribution in [1.29, 1.82) is 0 Å². The predicted octanol–water partition coefficient (Wildman–Crippen LogP) is 1.34. The maximum Gasteiger partial charge on any atom is 0.138 e. The van der Waals surface area contributed by atoms with Gasteiger partial charge in [0.1, 0.15) is 5.82 Å². The highest BCUT2D eigenvalue weighted by Gasteiger charge is 2.24.